The van der Waals surface area contributed by atoms with E-state index in [0.29, 0.717) is 19.1 Å². The van der Waals surface area contributed by atoms with Gasteiger partial charge in [-0.1, -0.05) is 6.92 Å². The number of nitrogens with one attached hydrogen (secondary N) is 1. The number of rotatable bonds is 3. The van der Waals surface area contributed by atoms with Crippen molar-refractivity contribution < 1.29 is 14.0 Å². The summed E-state index contributed by atoms with van der Waals surface area (Å²) < 4.78 is 14.6. The Balaban J connectivity index is 0.00000320. The number of nitrogens with zero attached hydrogens (tertiary/aromatic N) is 2. The average Bonchev–Trinajstić information content (AvgIpc) is 2.66. The predicted molar refractivity (Wildman–Crippen MR) is 120 cm³/mol. The normalized spacial score (nSPS) is 21.1. The fraction of sp³-hybridized carbons (Fsp3) is 0.652. The van der Waals surface area contributed by atoms with Crippen LogP contribution in [0.15, 0.2) is 18.2 Å². The van der Waals surface area contributed by atoms with Gasteiger partial charge in [-0.3, -0.25) is 14.5 Å². The second kappa shape index (κ2) is 10.1. The average molecular weight is 440 g/mol. The fourth-order valence-corrected chi connectivity index (χ4v) is 4.40. The van der Waals surface area contributed by atoms with Crippen LogP contribution in [0.5, 0.6) is 0 Å². The van der Waals surface area contributed by atoms with Crippen molar-refractivity contribution in [2.75, 3.05) is 26.2 Å². The Bertz CT molecular complexity index is 757. The molecule has 168 valence electrons. The molecule has 0 spiro atoms. The Morgan fingerprint density at radius 3 is 2.33 bits per heavy atom. The number of carbonyl (C=O) groups is 2. The first-order valence-electron chi connectivity index (χ1n) is 10.8. The molecule has 0 saturated carbocycles. The highest BCUT2D eigenvalue weighted by Crippen LogP contribution is 2.25. The number of hydrogen-bond donors (Lipinski definition) is 1. The van der Waals surface area contributed by atoms with E-state index < -0.39 is 11.4 Å². The van der Waals surface area contributed by atoms with Crippen molar-refractivity contribution in [1.29, 1.82) is 0 Å². The molecule has 0 aromatic heterocycles. The van der Waals surface area contributed by atoms with Crippen molar-refractivity contribution >= 4 is 24.2 Å². The molecule has 7 heteroatoms. The van der Waals surface area contributed by atoms with Crippen molar-refractivity contribution in [3.63, 3.8) is 0 Å². The summed E-state index contributed by atoms with van der Waals surface area (Å²) in [5, 5.41) is 2.81. The van der Waals surface area contributed by atoms with E-state index in [1.54, 1.807) is 4.90 Å². The highest BCUT2D eigenvalue weighted by molar-refractivity contribution is 5.98. The van der Waals surface area contributed by atoms with Gasteiger partial charge in [0, 0.05) is 36.8 Å². The Kier molecular flexibility index (Phi) is 8.28. The van der Waals surface area contributed by atoms with Crippen LogP contribution in [-0.2, 0) is 0 Å². The van der Waals surface area contributed by atoms with Crippen LogP contribution in [-0.4, -0.2) is 59.4 Å². The maximum absolute atomic E-state index is 14.6. The topological polar surface area (TPSA) is 52.7 Å². The molecule has 3 rings (SSSR count). The molecular weight excluding hydrogens is 405 g/mol. The highest BCUT2D eigenvalue weighted by atomic mass is 35.5. The summed E-state index contributed by atoms with van der Waals surface area (Å²) >= 11 is 0. The first kappa shape index (κ1) is 24.6. The molecule has 2 amide bonds. The fourth-order valence-electron chi connectivity index (χ4n) is 4.40. The van der Waals surface area contributed by atoms with Crippen molar-refractivity contribution in [2.24, 2.45) is 5.92 Å². The minimum atomic E-state index is -0.636. The molecule has 1 atom stereocenters. The monoisotopic (exact) mass is 439 g/mol. The van der Waals surface area contributed by atoms with Crippen LogP contribution >= 0.6 is 12.4 Å². The molecule has 2 fully saturated rings. The third-order valence-electron chi connectivity index (χ3n) is 5.91. The third kappa shape index (κ3) is 6.17. The lowest BCUT2D eigenvalue weighted by Crippen LogP contribution is -2.49. The molecule has 0 radical (unpaired) electrons. The largest absolute Gasteiger partial charge is 0.347 e. The first-order valence-corrected chi connectivity index (χ1v) is 10.8. The summed E-state index contributed by atoms with van der Waals surface area (Å²) in [4.78, 5) is 29.4. The van der Waals surface area contributed by atoms with Gasteiger partial charge in [-0.2, -0.15) is 0 Å². The molecule has 5 nitrogen and oxygen atoms in total. The minimum absolute atomic E-state index is 0. The van der Waals surface area contributed by atoms with Gasteiger partial charge < -0.3 is 10.2 Å². The molecule has 1 unspecified atom stereocenters. The van der Waals surface area contributed by atoms with Gasteiger partial charge in [0.25, 0.3) is 11.8 Å². The quantitative estimate of drug-likeness (QED) is 0.771. The Morgan fingerprint density at radius 2 is 1.77 bits per heavy atom. The molecule has 1 N–H and O–H groups in total. The van der Waals surface area contributed by atoms with E-state index in [-0.39, 0.29) is 35.3 Å². The van der Waals surface area contributed by atoms with E-state index in [1.165, 1.54) is 25.0 Å². The number of benzene rings is 1. The Hall–Kier alpha value is -1.66. The first-order chi connectivity index (χ1) is 13.6. The van der Waals surface area contributed by atoms with Crippen molar-refractivity contribution in [2.45, 2.75) is 65.0 Å². The summed E-state index contributed by atoms with van der Waals surface area (Å²) in [7, 11) is 0. The van der Waals surface area contributed by atoms with E-state index in [9.17, 15) is 14.0 Å². The van der Waals surface area contributed by atoms with Gasteiger partial charge in [0.2, 0.25) is 0 Å². The van der Waals surface area contributed by atoms with Crippen LogP contribution in [0.25, 0.3) is 0 Å². The summed E-state index contributed by atoms with van der Waals surface area (Å²) in [5.74, 6) is -0.516. The molecule has 0 bridgehead atoms. The van der Waals surface area contributed by atoms with Crippen LogP contribution in [0.2, 0.25) is 0 Å². The molecule has 2 aliphatic rings. The highest BCUT2D eigenvalue weighted by Gasteiger charge is 2.30. The Labute approximate surface area is 185 Å². The zero-order valence-electron chi connectivity index (χ0n) is 18.5. The number of piperidine rings is 2. The van der Waals surface area contributed by atoms with Crippen LogP contribution in [0.4, 0.5) is 4.39 Å². The van der Waals surface area contributed by atoms with E-state index in [0.717, 1.165) is 37.9 Å². The van der Waals surface area contributed by atoms with Crippen LogP contribution in [0.3, 0.4) is 0 Å². The molecule has 1 aromatic rings. The lowest BCUT2D eigenvalue weighted by Gasteiger charge is -2.41. The van der Waals surface area contributed by atoms with E-state index >= 15 is 0 Å². The van der Waals surface area contributed by atoms with E-state index in [1.807, 2.05) is 20.8 Å². The zero-order chi connectivity index (χ0) is 21.2. The summed E-state index contributed by atoms with van der Waals surface area (Å²) in [6.45, 7) is 11.5. The summed E-state index contributed by atoms with van der Waals surface area (Å²) in [6, 6.07) is 4.65. The lowest BCUT2D eigenvalue weighted by atomic mass is 9.95. The van der Waals surface area contributed by atoms with Gasteiger partial charge in [-0.25, -0.2) is 4.39 Å². The van der Waals surface area contributed by atoms with Crippen LogP contribution in [0.1, 0.15) is 74.1 Å². The predicted octanol–water partition coefficient (Wildman–Crippen LogP) is 4.11. The second-order valence-corrected chi connectivity index (χ2v) is 9.66. The number of carbonyl (C=O) groups excluding carboxylic acids is 2. The van der Waals surface area contributed by atoms with E-state index in [4.69, 9.17) is 0 Å². The smallest absolute Gasteiger partial charge is 0.256 e. The maximum atomic E-state index is 14.6. The van der Waals surface area contributed by atoms with E-state index in [2.05, 4.69) is 17.1 Å². The van der Waals surface area contributed by atoms with Gasteiger partial charge in [0.05, 0.1) is 5.56 Å². The molecule has 2 aliphatic heterocycles. The van der Waals surface area contributed by atoms with Gasteiger partial charge >= 0.3 is 0 Å². The standard InChI is InChI=1S/C23H34FN3O2.ClH/c1-16-6-5-11-27(15-16)18-9-12-26(13-10-18)22(29)19-8-7-17(14-20(19)24)21(28)25-23(2,3)4;/h7-8,14,16,18H,5-6,9-13,15H2,1-4H3,(H,25,28);1H. The summed E-state index contributed by atoms with van der Waals surface area (Å²) in [6.07, 6.45) is 4.43. The molecule has 0 aliphatic carbocycles. The lowest BCUT2D eigenvalue weighted by molar-refractivity contribution is 0.0538. The van der Waals surface area contributed by atoms with Gasteiger partial charge in [0.15, 0.2) is 0 Å². The van der Waals surface area contributed by atoms with Crippen molar-refractivity contribution in [3.8, 4) is 0 Å². The molecule has 30 heavy (non-hydrogen) atoms. The summed E-state index contributed by atoms with van der Waals surface area (Å²) in [5.41, 5.74) is -0.132. The second-order valence-electron chi connectivity index (χ2n) is 9.66. The van der Waals surface area contributed by atoms with Crippen LogP contribution in [0, 0.1) is 11.7 Å². The van der Waals surface area contributed by atoms with Crippen LogP contribution < -0.4 is 5.32 Å². The third-order valence-corrected chi connectivity index (χ3v) is 5.91. The number of hydrogen-bond acceptors (Lipinski definition) is 3. The number of halogens is 2. The minimum Gasteiger partial charge on any atom is -0.347 e. The van der Waals surface area contributed by atoms with Crippen molar-refractivity contribution in [3.05, 3.63) is 35.1 Å². The SMILES string of the molecule is CC1CCCN(C2CCN(C(=O)c3ccc(C(=O)NC(C)(C)C)cc3F)CC2)C1.Cl. The van der Waals surface area contributed by atoms with Gasteiger partial charge in [0.1, 0.15) is 5.82 Å². The molecule has 2 heterocycles. The zero-order valence-corrected chi connectivity index (χ0v) is 19.4. The van der Waals surface area contributed by atoms with Gasteiger partial charge in [-0.05, 0) is 77.1 Å². The maximum Gasteiger partial charge on any atom is 0.256 e. The molecule has 1 aromatic carbocycles. The molecular formula is C23H35ClFN3O2. The van der Waals surface area contributed by atoms with Gasteiger partial charge in [-0.15, -0.1) is 12.4 Å². The van der Waals surface area contributed by atoms with Crippen molar-refractivity contribution in [1.82, 2.24) is 15.1 Å². The molecule has 2 saturated heterocycles. The Morgan fingerprint density at radius 1 is 1.10 bits per heavy atom. The number of amides is 2. The number of likely N-dealkylation sites (tertiary alicyclic amines) is 2.